The number of ketones is 1. The number of aromatic nitrogens is 4. The van der Waals surface area contributed by atoms with Crippen LogP contribution in [0.4, 0.5) is 0 Å². The highest BCUT2D eigenvalue weighted by molar-refractivity contribution is 6.34. The molecular formula is C13H17ClN4O. The van der Waals surface area contributed by atoms with E-state index in [1.807, 2.05) is 20.8 Å². The Kier molecular flexibility index (Phi) is 3.75. The summed E-state index contributed by atoms with van der Waals surface area (Å²) in [5.41, 5.74) is 1.80. The summed E-state index contributed by atoms with van der Waals surface area (Å²) in [6.45, 7) is 5.90. The first kappa shape index (κ1) is 13.8. The largest absolute Gasteiger partial charge is 0.287 e. The molecule has 0 atom stereocenters. The van der Waals surface area contributed by atoms with E-state index < -0.39 is 0 Å². The minimum Gasteiger partial charge on any atom is -0.287 e. The summed E-state index contributed by atoms with van der Waals surface area (Å²) in [6.07, 6.45) is 3.95. The molecule has 2 aromatic heterocycles. The SMILES string of the molecule is CCc1nn(C)cc1C(=O)c1c(Cl)cnn1C(C)C. The van der Waals surface area contributed by atoms with E-state index >= 15 is 0 Å². The molecule has 0 amide bonds. The van der Waals surface area contributed by atoms with E-state index in [1.165, 1.54) is 6.20 Å². The second-order valence-corrected chi connectivity index (χ2v) is 5.13. The first-order valence-corrected chi connectivity index (χ1v) is 6.63. The molecule has 102 valence electrons. The van der Waals surface area contributed by atoms with Crippen LogP contribution in [0.15, 0.2) is 12.4 Å². The molecule has 0 N–H and O–H groups in total. The molecule has 0 aliphatic heterocycles. The Morgan fingerprint density at radius 2 is 2.16 bits per heavy atom. The monoisotopic (exact) mass is 280 g/mol. The van der Waals surface area contributed by atoms with Crippen molar-refractivity contribution in [3.63, 3.8) is 0 Å². The van der Waals surface area contributed by atoms with Crippen LogP contribution in [-0.2, 0) is 13.5 Å². The Morgan fingerprint density at radius 1 is 1.47 bits per heavy atom. The number of halogens is 1. The molecular weight excluding hydrogens is 264 g/mol. The highest BCUT2D eigenvalue weighted by atomic mass is 35.5. The van der Waals surface area contributed by atoms with Crippen LogP contribution in [0.25, 0.3) is 0 Å². The van der Waals surface area contributed by atoms with Crippen molar-refractivity contribution in [1.29, 1.82) is 0 Å². The molecule has 2 aromatic rings. The molecule has 0 aromatic carbocycles. The van der Waals surface area contributed by atoms with Gasteiger partial charge in [0.25, 0.3) is 0 Å². The van der Waals surface area contributed by atoms with Crippen molar-refractivity contribution in [2.75, 3.05) is 0 Å². The van der Waals surface area contributed by atoms with E-state index in [0.29, 0.717) is 22.7 Å². The lowest BCUT2D eigenvalue weighted by molar-refractivity contribution is 0.102. The Morgan fingerprint density at radius 3 is 2.74 bits per heavy atom. The lowest BCUT2D eigenvalue weighted by atomic mass is 10.1. The number of carbonyl (C=O) groups excluding carboxylic acids is 1. The Balaban J connectivity index is 2.52. The summed E-state index contributed by atoms with van der Waals surface area (Å²) in [5.74, 6) is -0.124. The third-order valence-electron chi connectivity index (χ3n) is 2.94. The third-order valence-corrected chi connectivity index (χ3v) is 3.22. The van der Waals surface area contributed by atoms with Crippen LogP contribution in [0.5, 0.6) is 0 Å². The van der Waals surface area contributed by atoms with Gasteiger partial charge in [0.2, 0.25) is 5.78 Å². The fraction of sp³-hybridized carbons (Fsp3) is 0.462. The zero-order valence-electron chi connectivity index (χ0n) is 11.5. The number of hydrogen-bond acceptors (Lipinski definition) is 3. The summed E-state index contributed by atoms with van der Waals surface area (Å²) >= 11 is 6.10. The maximum Gasteiger partial charge on any atom is 0.216 e. The minimum atomic E-state index is -0.124. The molecule has 0 unspecified atom stereocenters. The standard InChI is InChI=1S/C13H17ClN4O/c1-5-11-9(7-17(4)16-11)13(19)12-10(14)6-15-18(12)8(2)3/h6-8H,5H2,1-4H3. The number of aryl methyl sites for hydroxylation is 2. The smallest absolute Gasteiger partial charge is 0.216 e. The van der Waals surface area contributed by atoms with Gasteiger partial charge in [-0.1, -0.05) is 18.5 Å². The van der Waals surface area contributed by atoms with Gasteiger partial charge < -0.3 is 0 Å². The average molecular weight is 281 g/mol. The van der Waals surface area contributed by atoms with Gasteiger partial charge in [0.05, 0.1) is 22.5 Å². The molecule has 2 heterocycles. The summed E-state index contributed by atoms with van der Waals surface area (Å²) in [7, 11) is 1.80. The molecule has 0 saturated carbocycles. The van der Waals surface area contributed by atoms with Crippen molar-refractivity contribution < 1.29 is 4.79 Å². The predicted octanol–water partition coefficient (Wildman–Crippen LogP) is 2.64. The van der Waals surface area contributed by atoms with Crippen molar-refractivity contribution >= 4 is 17.4 Å². The van der Waals surface area contributed by atoms with Gasteiger partial charge in [0.1, 0.15) is 5.69 Å². The predicted molar refractivity (Wildman–Crippen MR) is 73.6 cm³/mol. The Hall–Kier alpha value is -1.62. The van der Waals surface area contributed by atoms with E-state index in [4.69, 9.17) is 11.6 Å². The van der Waals surface area contributed by atoms with Gasteiger partial charge in [-0.2, -0.15) is 10.2 Å². The van der Waals surface area contributed by atoms with E-state index in [9.17, 15) is 4.79 Å². The van der Waals surface area contributed by atoms with Crippen LogP contribution in [0.3, 0.4) is 0 Å². The third kappa shape index (κ3) is 2.42. The molecule has 0 spiro atoms. The van der Waals surface area contributed by atoms with Crippen LogP contribution in [0.2, 0.25) is 5.02 Å². The molecule has 2 rings (SSSR count). The fourth-order valence-corrected chi connectivity index (χ4v) is 2.27. The number of rotatable bonds is 4. The van der Waals surface area contributed by atoms with Crippen LogP contribution < -0.4 is 0 Å². The molecule has 19 heavy (non-hydrogen) atoms. The van der Waals surface area contributed by atoms with Gasteiger partial charge in [-0.3, -0.25) is 14.2 Å². The minimum absolute atomic E-state index is 0.0770. The molecule has 5 nitrogen and oxygen atoms in total. The topological polar surface area (TPSA) is 52.7 Å². The quantitative estimate of drug-likeness (QED) is 0.809. The molecule has 0 aliphatic rings. The molecule has 0 aliphatic carbocycles. The zero-order chi connectivity index (χ0) is 14.2. The molecule has 0 radical (unpaired) electrons. The zero-order valence-corrected chi connectivity index (χ0v) is 12.3. The summed E-state index contributed by atoms with van der Waals surface area (Å²) in [6, 6.07) is 0.0770. The van der Waals surface area contributed by atoms with Crippen LogP contribution in [-0.4, -0.2) is 25.3 Å². The number of hydrogen-bond donors (Lipinski definition) is 0. The molecule has 0 fully saturated rings. The first-order chi connectivity index (χ1) is 8.95. The van der Waals surface area contributed by atoms with Gasteiger partial charge >= 0.3 is 0 Å². The lowest BCUT2D eigenvalue weighted by Gasteiger charge is -2.10. The van der Waals surface area contributed by atoms with E-state index in [-0.39, 0.29) is 11.8 Å². The van der Waals surface area contributed by atoms with E-state index in [1.54, 1.807) is 22.6 Å². The number of nitrogens with zero attached hydrogens (tertiary/aromatic N) is 4. The average Bonchev–Trinajstić information content (AvgIpc) is 2.91. The molecule has 6 heteroatoms. The Labute approximate surface area is 117 Å². The highest BCUT2D eigenvalue weighted by Crippen LogP contribution is 2.23. The normalized spacial score (nSPS) is 11.3. The second-order valence-electron chi connectivity index (χ2n) is 4.73. The maximum absolute atomic E-state index is 12.6. The fourth-order valence-electron chi connectivity index (χ4n) is 2.06. The lowest BCUT2D eigenvalue weighted by Crippen LogP contribution is -2.14. The van der Waals surface area contributed by atoms with E-state index in [2.05, 4.69) is 10.2 Å². The molecule has 0 bridgehead atoms. The summed E-state index contributed by atoms with van der Waals surface area (Å²) in [5, 5.41) is 8.83. The van der Waals surface area contributed by atoms with Gasteiger partial charge in [0, 0.05) is 19.3 Å². The summed E-state index contributed by atoms with van der Waals surface area (Å²) < 4.78 is 3.30. The molecule has 0 saturated heterocycles. The van der Waals surface area contributed by atoms with Gasteiger partial charge in [0.15, 0.2) is 0 Å². The second kappa shape index (κ2) is 5.17. The van der Waals surface area contributed by atoms with Crippen LogP contribution >= 0.6 is 11.6 Å². The van der Waals surface area contributed by atoms with Crippen molar-refractivity contribution in [1.82, 2.24) is 19.6 Å². The van der Waals surface area contributed by atoms with Gasteiger partial charge in [-0.15, -0.1) is 0 Å². The van der Waals surface area contributed by atoms with Crippen molar-refractivity contribution in [3.8, 4) is 0 Å². The number of carbonyl (C=O) groups is 1. The van der Waals surface area contributed by atoms with Crippen molar-refractivity contribution in [3.05, 3.63) is 34.4 Å². The Bertz CT molecular complexity index is 612. The maximum atomic E-state index is 12.6. The van der Waals surface area contributed by atoms with Crippen LogP contribution in [0.1, 0.15) is 48.6 Å². The van der Waals surface area contributed by atoms with Gasteiger partial charge in [-0.05, 0) is 20.3 Å². The van der Waals surface area contributed by atoms with Crippen molar-refractivity contribution in [2.24, 2.45) is 7.05 Å². The highest BCUT2D eigenvalue weighted by Gasteiger charge is 2.24. The summed E-state index contributed by atoms with van der Waals surface area (Å²) in [4.78, 5) is 12.6. The van der Waals surface area contributed by atoms with Crippen molar-refractivity contribution in [2.45, 2.75) is 33.2 Å². The van der Waals surface area contributed by atoms with E-state index in [0.717, 1.165) is 5.69 Å². The van der Waals surface area contributed by atoms with Crippen LogP contribution in [0, 0.1) is 0 Å². The first-order valence-electron chi connectivity index (χ1n) is 6.25. The van der Waals surface area contributed by atoms with Gasteiger partial charge in [-0.25, -0.2) is 0 Å².